The molecule has 1 aliphatic rings. The second-order valence-electron chi connectivity index (χ2n) is 4.75. The quantitative estimate of drug-likeness (QED) is 0.885. The van der Waals surface area contributed by atoms with Gasteiger partial charge in [0.1, 0.15) is 11.8 Å². The third-order valence-electron chi connectivity index (χ3n) is 3.21. The van der Waals surface area contributed by atoms with Crippen LogP contribution in [0.2, 0.25) is 0 Å². The van der Waals surface area contributed by atoms with Gasteiger partial charge in [0.25, 0.3) is 5.91 Å². The fourth-order valence-corrected chi connectivity index (χ4v) is 2.07. The zero-order chi connectivity index (χ0) is 14.4. The Morgan fingerprint density at radius 1 is 1.60 bits per heavy atom. The van der Waals surface area contributed by atoms with Crippen molar-refractivity contribution in [2.75, 3.05) is 13.2 Å². The number of nitrogens with zero attached hydrogens (tertiary/aromatic N) is 1. The number of carbonyl (C=O) groups excluding carboxylic acids is 1. The summed E-state index contributed by atoms with van der Waals surface area (Å²) in [5, 5.41) is 11.8. The van der Waals surface area contributed by atoms with Crippen LogP contribution in [-0.4, -0.2) is 31.3 Å². The molecule has 0 spiro atoms. The van der Waals surface area contributed by atoms with Crippen molar-refractivity contribution in [1.82, 2.24) is 5.32 Å². The first-order chi connectivity index (χ1) is 9.70. The van der Waals surface area contributed by atoms with E-state index in [0.717, 1.165) is 19.4 Å². The highest BCUT2D eigenvalue weighted by atomic mass is 16.5. The topological polar surface area (TPSA) is 71.3 Å². The van der Waals surface area contributed by atoms with Crippen molar-refractivity contribution >= 4 is 5.91 Å². The maximum Gasteiger partial charge on any atom is 0.260 e. The smallest absolute Gasteiger partial charge is 0.260 e. The Labute approximate surface area is 118 Å². The number of nitrogens with one attached hydrogen (secondary N) is 1. The number of amides is 1. The summed E-state index contributed by atoms with van der Waals surface area (Å²) in [5.74, 6) is 0.225. The Balaban J connectivity index is 1.85. The van der Waals surface area contributed by atoms with Crippen molar-refractivity contribution in [2.24, 2.45) is 0 Å². The Bertz CT molecular complexity index is 504. The average molecular weight is 274 g/mol. The van der Waals surface area contributed by atoms with Gasteiger partial charge < -0.3 is 14.8 Å². The van der Waals surface area contributed by atoms with E-state index in [2.05, 4.69) is 5.32 Å². The van der Waals surface area contributed by atoms with Gasteiger partial charge in [0.05, 0.1) is 11.7 Å². The monoisotopic (exact) mass is 274 g/mol. The molecule has 2 atom stereocenters. The molecule has 1 N–H and O–H groups in total. The van der Waals surface area contributed by atoms with Crippen molar-refractivity contribution in [1.29, 1.82) is 5.26 Å². The zero-order valence-corrected chi connectivity index (χ0v) is 11.5. The summed E-state index contributed by atoms with van der Waals surface area (Å²) in [5.41, 5.74) is 0.422. The predicted molar refractivity (Wildman–Crippen MR) is 73.2 cm³/mol. The van der Waals surface area contributed by atoms with E-state index in [-0.39, 0.29) is 12.0 Å². The third kappa shape index (κ3) is 3.72. The largest absolute Gasteiger partial charge is 0.480 e. The van der Waals surface area contributed by atoms with Crippen LogP contribution in [0.1, 0.15) is 25.3 Å². The van der Waals surface area contributed by atoms with Crippen molar-refractivity contribution in [3.05, 3.63) is 29.8 Å². The van der Waals surface area contributed by atoms with Crippen LogP contribution in [0.25, 0.3) is 0 Å². The Morgan fingerprint density at radius 3 is 3.10 bits per heavy atom. The molecule has 1 amide bonds. The van der Waals surface area contributed by atoms with Gasteiger partial charge in [0.15, 0.2) is 6.10 Å². The molecule has 1 aliphatic heterocycles. The molecule has 1 aromatic carbocycles. The Hall–Kier alpha value is -2.06. The van der Waals surface area contributed by atoms with E-state index in [0.29, 0.717) is 17.9 Å². The van der Waals surface area contributed by atoms with Gasteiger partial charge >= 0.3 is 0 Å². The van der Waals surface area contributed by atoms with Crippen molar-refractivity contribution in [3.63, 3.8) is 0 Å². The Kier molecular flexibility index (Phi) is 4.97. The molecule has 0 bridgehead atoms. The van der Waals surface area contributed by atoms with Crippen LogP contribution < -0.4 is 10.1 Å². The van der Waals surface area contributed by atoms with Gasteiger partial charge in [-0.25, -0.2) is 0 Å². The number of para-hydroxylation sites is 1. The lowest BCUT2D eigenvalue weighted by molar-refractivity contribution is -0.127. The average Bonchev–Trinajstić information content (AvgIpc) is 2.98. The SMILES string of the molecule is CC(Oc1ccccc1C#N)C(=O)NCC1CCCO1. The summed E-state index contributed by atoms with van der Waals surface area (Å²) in [6.07, 6.45) is 1.48. The van der Waals surface area contributed by atoms with Crippen LogP contribution in [0.15, 0.2) is 24.3 Å². The maximum absolute atomic E-state index is 11.9. The van der Waals surface area contributed by atoms with E-state index in [9.17, 15) is 4.79 Å². The minimum absolute atomic E-state index is 0.109. The highest BCUT2D eigenvalue weighted by molar-refractivity contribution is 5.80. The van der Waals surface area contributed by atoms with Crippen LogP contribution in [-0.2, 0) is 9.53 Å². The van der Waals surface area contributed by atoms with E-state index < -0.39 is 6.10 Å². The summed E-state index contributed by atoms with van der Waals surface area (Å²) in [7, 11) is 0. The molecule has 20 heavy (non-hydrogen) atoms. The standard InChI is InChI=1S/C15H18N2O3/c1-11(15(18)17-10-13-6-4-8-19-13)20-14-7-3-2-5-12(14)9-16/h2-3,5,7,11,13H,4,6,8,10H2,1H3,(H,17,18). The van der Waals surface area contributed by atoms with Crippen LogP contribution in [0.3, 0.4) is 0 Å². The van der Waals surface area contributed by atoms with E-state index in [1.54, 1.807) is 31.2 Å². The molecule has 1 saturated heterocycles. The molecule has 0 saturated carbocycles. The van der Waals surface area contributed by atoms with Crippen LogP contribution >= 0.6 is 0 Å². The fraction of sp³-hybridized carbons (Fsp3) is 0.467. The van der Waals surface area contributed by atoms with Gasteiger partial charge in [-0.05, 0) is 31.9 Å². The van der Waals surface area contributed by atoms with Crippen LogP contribution in [0, 0.1) is 11.3 Å². The van der Waals surface area contributed by atoms with Gasteiger partial charge in [-0.1, -0.05) is 12.1 Å². The molecule has 2 unspecified atom stereocenters. The van der Waals surface area contributed by atoms with E-state index in [4.69, 9.17) is 14.7 Å². The second-order valence-corrected chi connectivity index (χ2v) is 4.75. The van der Waals surface area contributed by atoms with Gasteiger partial charge in [-0.3, -0.25) is 4.79 Å². The lowest BCUT2D eigenvalue weighted by atomic mass is 10.2. The molecular formula is C15H18N2O3. The van der Waals surface area contributed by atoms with Gasteiger partial charge in [-0.2, -0.15) is 5.26 Å². The summed E-state index contributed by atoms with van der Waals surface area (Å²) in [6.45, 7) is 2.94. The first-order valence-electron chi connectivity index (χ1n) is 6.76. The third-order valence-corrected chi connectivity index (χ3v) is 3.21. The maximum atomic E-state index is 11.9. The van der Waals surface area contributed by atoms with Crippen molar-refractivity contribution in [3.8, 4) is 11.8 Å². The molecule has 0 radical (unpaired) electrons. The zero-order valence-electron chi connectivity index (χ0n) is 11.5. The molecule has 5 nitrogen and oxygen atoms in total. The molecular weight excluding hydrogens is 256 g/mol. The Morgan fingerprint density at radius 2 is 2.40 bits per heavy atom. The molecule has 2 rings (SSSR count). The van der Waals surface area contributed by atoms with E-state index in [1.807, 2.05) is 6.07 Å². The van der Waals surface area contributed by atoms with E-state index >= 15 is 0 Å². The molecule has 5 heteroatoms. The van der Waals surface area contributed by atoms with Gasteiger partial charge in [0.2, 0.25) is 0 Å². The molecule has 1 fully saturated rings. The number of hydrogen-bond donors (Lipinski definition) is 1. The van der Waals surface area contributed by atoms with Gasteiger partial charge in [-0.15, -0.1) is 0 Å². The predicted octanol–water partition coefficient (Wildman–Crippen LogP) is 1.62. The molecule has 106 valence electrons. The number of carbonyl (C=O) groups is 1. The minimum atomic E-state index is -0.647. The molecule has 1 aromatic rings. The van der Waals surface area contributed by atoms with Crippen molar-refractivity contribution in [2.45, 2.75) is 32.0 Å². The lowest BCUT2D eigenvalue weighted by Crippen LogP contribution is -2.40. The first-order valence-corrected chi connectivity index (χ1v) is 6.76. The number of hydrogen-bond acceptors (Lipinski definition) is 4. The van der Waals surface area contributed by atoms with E-state index in [1.165, 1.54) is 0 Å². The molecule has 0 aliphatic carbocycles. The normalized spacial score (nSPS) is 19.1. The van der Waals surface area contributed by atoms with Crippen LogP contribution in [0.4, 0.5) is 0 Å². The summed E-state index contributed by atoms with van der Waals surface area (Å²) >= 11 is 0. The second kappa shape index (κ2) is 6.92. The summed E-state index contributed by atoms with van der Waals surface area (Å²) in [6, 6.07) is 8.91. The highest BCUT2D eigenvalue weighted by Gasteiger charge is 2.20. The summed E-state index contributed by atoms with van der Waals surface area (Å²) in [4.78, 5) is 11.9. The minimum Gasteiger partial charge on any atom is -0.480 e. The number of benzene rings is 1. The summed E-state index contributed by atoms with van der Waals surface area (Å²) < 4.78 is 11.0. The fourth-order valence-electron chi connectivity index (χ4n) is 2.07. The molecule has 0 aromatic heterocycles. The highest BCUT2D eigenvalue weighted by Crippen LogP contribution is 2.18. The number of nitriles is 1. The van der Waals surface area contributed by atoms with Crippen molar-refractivity contribution < 1.29 is 14.3 Å². The van der Waals surface area contributed by atoms with Crippen LogP contribution in [0.5, 0.6) is 5.75 Å². The number of rotatable bonds is 5. The lowest BCUT2D eigenvalue weighted by Gasteiger charge is -2.17. The van der Waals surface area contributed by atoms with Gasteiger partial charge in [0, 0.05) is 13.2 Å². The number of ether oxygens (including phenoxy) is 2. The first kappa shape index (κ1) is 14.4. The molecule has 1 heterocycles.